The Labute approximate surface area is 167 Å². The highest BCUT2D eigenvalue weighted by molar-refractivity contribution is 5.79. The highest BCUT2D eigenvalue weighted by Gasteiger charge is 2.44. The predicted octanol–water partition coefficient (Wildman–Crippen LogP) is 1.07. The van der Waals surface area contributed by atoms with Gasteiger partial charge in [0.25, 0.3) is 0 Å². The van der Waals surface area contributed by atoms with Crippen LogP contribution in [-0.4, -0.2) is 96.9 Å². The first-order chi connectivity index (χ1) is 13.5. The highest BCUT2D eigenvalue weighted by Crippen LogP contribution is 2.25. The van der Waals surface area contributed by atoms with Crippen LogP contribution in [-0.2, 0) is 4.74 Å². The van der Waals surface area contributed by atoms with Gasteiger partial charge >= 0.3 is 12.1 Å². The van der Waals surface area contributed by atoms with E-state index in [2.05, 4.69) is 15.5 Å². The van der Waals surface area contributed by atoms with Gasteiger partial charge in [-0.1, -0.05) is 0 Å². The number of nitrogens with one attached hydrogen (secondary N) is 2. The second-order valence-electron chi connectivity index (χ2n) is 9.11. The second kappa shape index (κ2) is 8.45. The van der Waals surface area contributed by atoms with E-state index in [1.807, 2.05) is 23.6 Å². The number of urea groups is 2. The van der Waals surface area contributed by atoms with Crippen LogP contribution in [0.1, 0.15) is 39.5 Å². The number of nitrogens with zero attached hydrogens (tertiary/aromatic N) is 3. The third kappa shape index (κ3) is 4.22. The van der Waals surface area contributed by atoms with Crippen molar-refractivity contribution in [2.24, 2.45) is 5.92 Å². The molecule has 4 amide bonds. The van der Waals surface area contributed by atoms with Gasteiger partial charge in [-0.25, -0.2) is 9.59 Å². The summed E-state index contributed by atoms with van der Waals surface area (Å²) in [6.07, 6.45) is 4.05. The van der Waals surface area contributed by atoms with Gasteiger partial charge in [0.05, 0.1) is 18.7 Å². The van der Waals surface area contributed by atoms with Crippen molar-refractivity contribution in [2.75, 3.05) is 45.9 Å². The zero-order valence-corrected chi connectivity index (χ0v) is 17.2. The third-order valence-electron chi connectivity index (χ3n) is 6.78. The number of carbonyl (C=O) groups is 2. The SMILES string of the molecule is CC(C)N1C(=O)N[C@@H]2CN(C(=O)NC3CCN(CC4CCOC4)CC3)CC[C@@H]21. The van der Waals surface area contributed by atoms with Crippen molar-refractivity contribution in [1.29, 1.82) is 0 Å². The van der Waals surface area contributed by atoms with Crippen LogP contribution < -0.4 is 10.6 Å². The van der Waals surface area contributed by atoms with Crippen molar-refractivity contribution in [3.8, 4) is 0 Å². The topological polar surface area (TPSA) is 77.2 Å². The molecule has 0 radical (unpaired) electrons. The van der Waals surface area contributed by atoms with Gasteiger partial charge < -0.3 is 30.1 Å². The predicted molar refractivity (Wildman–Crippen MR) is 106 cm³/mol. The second-order valence-corrected chi connectivity index (χ2v) is 9.11. The van der Waals surface area contributed by atoms with Crippen LogP contribution >= 0.6 is 0 Å². The molecule has 1 unspecified atom stereocenters. The molecule has 8 heteroatoms. The summed E-state index contributed by atoms with van der Waals surface area (Å²) in [6.45, 7) is 10.4. The van der Waals surface area contributed by atoms with Crippen molar-refractivity contribution < 1.29 is 14.3 Å². The van der Waals surface area contributed by atoms with Gasteiger partial charge in [-0.05, 0) is 45.4 Å². The largest absolute Gasteiger partial charge is 0.381 e. The normalized spacial score (nSPS) is 32.0. The fourth-order valence-corrected chi connectivity index (χ4v) is 5.22. The Bertz CT molecular complexity index is 572. The van der Waals surface area contributed by atoms with E-state index >= 15 is 0 Å². The molecule has 4 heterocycles. The molecule has 0 bridgehead atoms. The molecule has 4 saturated heterocycles. The Morgan fingerprint density at radius 3 is 2.68 bits per heavy atom. The van der Waals surface area contributed by atoms with Crippen LogP contribution in [0.5, 0.6) is 0 Å². The Morgan fingerprint density at radius 1 is 1.21 bits per heavy atom. The Kier molecular flexibility index (Phi) is 5.96. The molecule has 158 valence electrons. The number of carbonyl (C=O) groups excluding carboxylic acids is 2. The van der Waals surface area contributed by atoms with E-state index in [4.69, 9.17) is 4.74 Å². The quantitative estimate of drug-likeness (QED) is 0.749. The molecule has 0 saturated carbocycles. The van der Waals surface area contributed by atoms with Crippen LogP contribution in [0.2, 0.25) is 0 Å². The number of piperidine rings is 2. The summed E-state index contributed by atoms with van der Waals surface area (Å²) < 4.78 is 5.48. The van der Waals surface area contributed by atoms with Crippen LogP contribution in [0, 0.1) is 5.92 Å². The summed E-state index contributed by atoms with van der Waals surface area (Å²) in [7, 11) is 0. The van der Waals surface area contributed by atoms with Gasteiger partial charge in [-0.15, -0.1) is 0 Å². The number of likely N-dealkylation sites (tertiary alicyclic amines) is 2. The minimum Gasteiger partial charge on any atom is -0.381 e. The maximum Gasteiger partial charge on any atom is 0.318 e. The van der Waals surface area contributed by atoms with E-state index in [9.17, 15) is 9.59 Å². The van der Waals surface area contributed by atoms with Crippen molar-refractivity contribution in [2.45, 2.75) is 63.7 Å². The Hall–Kier alpha value is -1.54. The lowest BCUT2D eigenvalue weighted by molar-refractivity contribution is 0.124. The first-order valence-electron chi connectivity index (χ1n) is 11.0. The summed E-state index contributed by atoms with van der Waals surface area (Å²) >= 11 is 0. The van der Waals surface area contributed by atoms with Crippen LogP contribution in [0.25, 0.3) is 0 Å². The van der Waals surface area contributed by atoms with E-state index in [1.165, 1.54) is 6.42 Å². The molecule has 0 aliphatic carbocycles. The van der Waals surface area contributed by atoms with E-state index in [0.29, 0.717) is 19.0 Å². The number of hydrogen-bond donors (Lipinski definition) is 2. The summed E-state index contributed by atoms with van der Waals surface area (Å²) in [5, 5.41) is 6.30. The molecular weight excluding hydrogens is 358 g/mol. The molecule has 4 fully saturated rings. The summed E-state index contributed by atoms with van der Waals surface area (Å²) in [6, 6.07) is 0.734. The lowest BCUT2D eigenvalue weighted by atomic mass is 9.99. The molecule has 0 aromatic rings. The average Bonchev–Trinajstić information content (AvgIpc) is 3.29. The van der Waals surface area contributed by atoms with E-state index < -0.39 is 0 Å². The van der Waals surface area contributed by atoms with Crippen molar-refractivity contribution in [3.05, 3.63) is 0 Å². The third-order valence-corrected chi connectivity index (χ3v) is 6.78. The summed E-state index contributed by atoms with van der Waals surface area (Å²) in [4.78, 5) is 31.3. The fourth-order valence-electron chi connectivity index (χ4n) is 5.22. The van der Waals surface area contributed by atoms with Crippen molar-refractivity contribution in [1.82, 2.24) is 25.3 Å². The van der Waals surface area contributed by atoms with E-state index in [0.717, 1.165) is 52.1 Å². The molecule has 8 nitrogen and oxygen atoms in total. The smallest absolute Gasteiger partial charge is 0.318 e. The van der Waals surface area contributed by atoms with Gasteiger partial charge in [0.15, 0.2) is 0 Å². The van der Waals surface area contributed by atoms with Gasteiger partial charge in [0.2, 0.25) is 0 Å². The Balaban J connectivity index is 1.21. The lowest BCUT2D eigenvalue weighted by Crippen LogP contribution is -2.57. The summed E-state index contributed by atoms with van der Waals surface area (Å²) in [5.41, 5.74) is 0. The van der Waals surface area contributed by atoms with Crippen molar-refractivity contribution >= 4 is 12.1 Å². The molecule has 28 heavy (non-hydrogen) atoms. The van der Waals surface area contributed by atoms with Crippen LogP contribution in [0.3, 0.4) is 0 Å². The number of rotatable bonds is 4. The first-order valence-corrected chi connectivity index (χ1v) is 11.0. The molecule has 0 aromatic heterocycles. The van der Waals surface area contributed by atoms with E-state index in [-0.39, 0.29) is 36.2 Å². The molecular formula is C20H35N5O3. The molecule has 4 rings (SSSR count). The maximum atomic E-state index is 12.8. The maximum absolute atomic E-state index is 12.8. The van der Waals surface area contributed by atoms with Gasteiger partial charge in [0.1, 0.15) is 0 Å². The fraction of sp³-hybridized carbons (Fsp3) is 0.900. The average molecular weight is 394 g/mol. The highest BCUT2D eigenvalue weighted by atomic mass is 16.5. The number of hydrogen-bond acceptors (Lipinski definition) is 4. The number of fused-ring (bicyclic) bond motifs is 1. The van der Waals surface area contributed by atoms with Crippen LogP contribution in [0.4, 0.5) is 9.59 Å². The molecule has 4 aliphatic heterocycles. The van der Waals surface area contributed by atoms with Gasteiger partial charge in [-0.3, -0.25) is 0 Å². The Morgan fingerprint density at radius 2 is 2.00 bits per heavy atom. The minimum absolute atomic E-state index is 0.00675. The number of amides is 4. The monoisotopic (exact) mass is 393 g/mol. The zero-order valence-electron chi connectivity index (χ0n) is 17.2. The van der Waals surface area contributed by atoms with E-state index in [1.54, 1.807) is 0 Å². The molecule has 3 atom stereocenters. The molecule has 2 N–H and O–H groups in total. The minimum atomic E-state index is 0.00675. The van der Waals surface area contributed by atoms with Crippen molar-refractivity contribution in [3.63, 3.8) is 0 Å². The van der Waals surface area contributed by atoms with Gasteiger partial charge in [-0.2, -0.15) is 0 Å². The standard InChI is InChI=1S/C20H35N5O3/c1-14(2)25-18-5-9-24(12-17(18)22-20(25)27)19(26)21-16-3-7-23(8-4-16)11-15-6-10-28-13-15/h14-18H,3-13H2,1-2H3,(H,21,26)(H,22,27)/t15?,17-,18+/m1/s1. The molecule has 4 aliphatic rings. The molecule has 0 aromatic carbocycles. The first kappa shape index (κ1) is 19.8. The zero-order chi connectivity index (χ0) is 19.7. The number of ether oxygens (including phenoxy) is 1. The lowest BCUT2D eigenvalue weighted by Gasteiger charge is -2.39. The van der Waals surface area contributed by atoms with Crippen LogP contribution in [0.15, 0.2) is 0 Å². The molecule has 0 spiro atoms. The summed E-state index contributed by atoms with van der Waals surface area (Å²) in [5.74, 6) is 0.680. The van der Waals surface area contributed by atoms with Gasteiger partial charge in [0, 0.05) is 51.4 Å².